The third kappa shape index (κ3) is 3.63. The van der Waals surface area contributed by atoms with Gasteiger partial charge in [-0.2, -0.15) is 0 Å². The summed E-state index contributed by atoms with van der Waals surface area (Å²) in [4.78, 5) is 16.6. The Bertz CT molecular complexity index is 975. The maximum Gasteiger partial charge on any atom is 0.340 e. The lowest BCUT2D eigenvalue weighted by molar-refractivity contribution is 0.0150. The molecule has 2 bridgehead atoms. The van der Waals surface area contributed by atoms with Gasteiger partial charge in [-0.05, 0) is 56.4 Å². The number of nitrogens with one attached hydrogen (secondary N) is 1. The molecule has 2 saturated carbocycles. The number of pyridine rings is 1. The average molecular weight is 427 g/mol. The van der Waals surface area contributed by atoms with Gasteiger partial charge in [-0.25, -0.2) is 17.9 Å². The molecule has 2 heterocycles. The molecule has 4 rings (SSSR count). The van der Waals surface area contributed by atoms with E-state index in [2.05, 4.69) is 9.71 Å². The zero-order valence-corrected chi connectivity index (χ0v) is 17.0. The van der Waals surface area contributed by atoms with Crippen LogP contribution in [0.2, 0.25) is 4.34 Å². The largest absolute Gasteiger partial charge is 0.458 e. The van der Waals surface area contributed by atoms with Gasteiger partial charge in [-0.1, -0.05) is 11.6 Å². The van der Waals surface area contributed by atoms with Gasteiger partial charge in [0.2, 0.25) is 10.0 Å². The van der Waals surface area contributed by atoms with Gasteiger partial charge in [0.25, 0.3) is 0 Å². The summed E-state index contributed by atoms with van der Waals surface area (Å²) in [6.07, 6.45) is 3.80. The first-order valence-corrected chi connectivity index (χ1v) is 11.4. The van der Waals surface area contributed by atoms with Gasteiger partial charge in [0.15, 0.2) is 0 Å². The molecule has 4 atom stereocenters. The van der Waals surface area contributed by atoms with Crippen molar-refractivity contribution in [1.29, 1.82) is 0 Å². The summed E-state index contributed by atoms with van der Waals surface area (Å²) in [6.45, 7) is 1.76. The first-order chi connectivity index (χ1) is 12.8. The number of rotatable bonds is 5. The highest BCUT2D eigenvalue weighted by molar-refractivity contribution is 7.91. The van der Waals surface area contributed by atoms with Gasteiger partial charge in [0.05, 0.1) is 15.6 Å². The monoisotopic (exact) mass is 426 g/mol. The predicted molar refractivity (Wildman–Crippen MR) is 102 cm³/mol. The lowest BCUT2D eigenvalue weighted by Crippen LogP contribution is -2.39. The average Bonchev–Trinajstić information content (AvgIpc) is 3.30. The maximum absolute atomic E-state index is 12.6. The quantitative estimate of drug-likeness (QED) is 0.740. The minimum atomic E-state index is -3.63. The van der Waals surface area contributed by atoms with Crippen molar-refractivity contribution in [1.82, 2.24) is 9.71 Å². The van der Waals surface area contributed by atoms with E-state index in [-0.39, 0.29) is 28.2 Å². The fourth-order valence-corrected chi connectivity index (χ4v) is 7.02. The molecule has 0 spiro atoms. The number of thiophene rings is 1. The predicted octanol–water partition coefficient (Wildman–Crippen LogP) is 3.41. The van der Waals surface area contributed by atoms with Crippen molar-refractivity contribution < 1.29 is 17.9 Å². The molecule has 2 aliphatic carbocycles. The van der Waals surface area contributed by atoms with Crippen LogP contribution in [-0.4, -0.2) is 31.5 Å². The van der Waals surface area contributed by atoms with Crippen molar-refractivity contribution in [2.24, 2.45) is 11.8 Å². The Morgan fingerprint density at radius 3 is 2.85 bits per heavy atom. The van der Waals surface area contributed by atoms with Crippen molar-refractivity contribution in [3.63, 3.8) is 0 Å². The fourth-order valence-electron chi connectivity index (χ4n) is 4.17. The van der Waals surface area contributed by atoms with Gasteiger partial charge >= 0.3 is 5.97 Å². The molecule has 2 fully saturated rings. The SMILES string of the molecule is Cc1ncccc1C(=O)OC1CC2CCC1C2NS(=O)(=O)c1ccc(Cl)s1. The summed E-state index contributed by atoms with van der Waals surface area (Å²) in [7, 11) is -3.63. The number of ether oxygens (including phenoxy) is 1. The minimum Gasteiger partial charge on any atom is -0.458 e. The number of nitrogens with zero attached hydrogens (tertiary/aromatic N) is 1. The fraction of sp³-hybridized carbons (Fsp3) is 0.444. The Labute approximate surface area is 167 Å². The first-order valence-electron chi connectivity index (χ1n) is 8.75. The Morgan fingerprint density at radius 2 is 2.15 bits per heavy atom. The molecule has 0 saturated heterocycles. The summed E-state index contributed by atoms with van der Waals surface area (Å²) in [5.41, 5.74) is 1.07. The Morgan fingerprint density at radius 1 is 1.33 bits per heavy atom. The van der Waals surface area contributed by atoms with Crippen molar-refractivity contribution in [3.05, 3.63) is 46.1 Å². The molecule has 2 aliphatic rings. The van der Waals surface area contributed by atoms with Gasteiger partial charge in [-0.3, -0.25) is 4.98 Å². The Balaban J connectivity index is 1.47. The summed E-state index contributed by atoms with van der Waals surface area (Å²) in [5, 5.41) is 0. The van der Waals surface area contributed by atoms with Crippen molar-refractivity contribution in [2.75, 3.05) is 0 Å². The molecular weight excluding hydrogens is 408 g/mol. The van der Waals surface area contributed by atoms with Gasteiger partial charge in [0, 0.05) is 18.2 Å². The van der Waals surface area contributed by atoms with Gasteiger partial charge in [-0.15, -0.1) is 11.3 Å². The highest BCUT2D eigenvalue weighted by atomic mass is 35.5. The zero-order valence-electron chi connectivity index (χ0n) is 14.6. The van der Waals surface area contributed by atoms with E-state index in [4.69, 9.17) is 16.3 Å². The van der Waals surface area contributed by atoms with Crippen LogP contribution >= 0.6 is 22.9 Å². The second kappa shape index (κ2) is 7.16. The van der Waals surface area contributed by atoms with Crippen LogP contribution < -0.4 is 4.72 Å². The van der Waals surface area contributed by atoms with Gasteiger partial charge < -0.3 is 4.74 Å². The number of esters is 1. The Hall–Kier alpha value is -1.48. The van der Waals surface area contributed by atoms with E-state index in [1.165, 1.54) is 6.07 Å². The van der Waals surface area contributed by atoms with E-state index in [1.807, 2.05) is 0 Å². The van der Waals surface area contributed by atoms with E-state index in [0.717, 1.165) is 24.2 Å². The van der Waals surface area contributed by atoms with E-state index in [0.29, 0.717) is 22.0 Å². The molecule has 4 unspecified atom stereocenters. The van der Waals surface area contributed by atoms with Gasteiger partial charge in [0.1, 0.15) is 10.3 Å². The molecule has 0 aliphatic heterocycles. The summed E-state index contributed by atoms with van der Waals surface area (Å²) in [5.74, 6) is -0.237. The summed E-state index contributed by atoms with van der Waals surface area (Å²) < 4.78 is 34.5. The number of aryl methyl sites for hydroxylation is 1. The number of hydrogen-bond acceptors (Lipinski definition) is 6. The molecule has 144 valence electrons. The molecule has 0 aromatic carbocycles. The maximum atomic E-state index is 12.6. The first kappa shape index (κ1) is 18.9. The van der Waals surface area contributed by atoms with E-state index in [9.17, 15) is 13.2 Å². The molecular formula is C18H19ClN2O4S2. The molecule has 27 heavy (non-hydrogen) atoms. The topological polar surface area (TPSA) is 85.4 Å². The van der Waals surface area contributed by atoms with E-state index in [1.54, 1.807) is 31.3 Å². The Kier molecular flexibility index (Phi) is 5.00. The smallest absolute Gasteiger partial charge is 0.340 e. The van der Waals surface area contributed by atoms with Crippen LogP contribution in [0.25, 0.3) is 0 Å². The number of sulfonamides is 1. The number of hydrogen-bond donors (Lipinski definition) is 1. The number of carbonyl (C=O) groups excluding carboxylic acids is 1. The van der Waals surface area contributed by atoms with Crippen LogP contribution in [0.15, 0.2) is 34.7 Å². The van der Waals surface area contributed by atoms with Crippen LogP contribution in [0.4, 0.5) is 0 Å². The highest BCUT2D eigenvalue weighted by Crippen LogP contribution is 2.47. The number of halogens is 1. The number of carbonyl (C=O) groups is 1. The highest BCUT2D eigenvalue weighted by Gasteiger charge is 2.51. The summed E-state index contributed by atoms with van der Waals surface area (Å²) in [6, 6.07) is 6.26. The lowest BCUT2D eigenvalue weighted by Gasteiger charge is -2.23. The lowest BCUT2D eigenvalue weighted by atomic mass is 9.97. The molecule has 0 radical (unpaired) electrons. The molecule has 1 N–H and O–H groups in total. The molecule has 9 heteroatoms. The molecule has 2 aromatic heterocycles. The molecule has 0 amide bonds. The standard InChI is InChI=1S/C18H19ClN2O4S2/c1-10-12(3-2-8-20-10)18(22)25-14-9-11-4-5-13(14)17(11)21-27(23,24)16-7-6-15(19)26-16/h2-3,6-8,11,13-14,17,21H,4-5,9H2,1H3. The number of aromatic nitrogens is 1. The van der Waals surface area contributed by atoms with E-state index < -0.39 is 16.0 Å². The van der Waals surface area contributed by atoms with Crippen LogP contribution in [0, 0.1) is 18.8 Å². The van der Waals surface area contributed by atoms with Crippen molar-refractivity contribution >= 4 is 38.9 Å². The third-order valence-electron chi connectivity index (χ3n) is 5.44. The normalized spacial score (nSPS) is 27.0. The van der Waals surface area contributed by atoms with Crippen molar-refractivity contribution in [3.8, 4) is 0 Å². The second-order valence-electron chi connectivity index (χ2n) is 7.02. The third-order valence-corrected chi connectivity index (χ3v) is 8.62. The number of fused-ring (bicyclic) bond motifs is 2. The van der Waals surface area contributed by atoms with E-state index >= 15 is 0 Å². The zero-order chi connectivity index (χ0) is 19.2. The van der Waals surface area contributed by atoms with Crippen LogP contribution in [0.5, 0.6) is 0 Å². The molecule has 2 aromatic rings. The van der Waals surface area contributed by atoms with Crippen LogP contribution in [-0.2, 0) is 14.8 Å². The van der Waals surface area contributed by atoms with Crippen LogP contribution in [0.1, 0.15) is 35.3 Å². The minimum absolute atomic E-state index is 0.0128. The second-order valence-corrected chi connectivity index (χ2v) is 10.7. The van der Waals surface area contributed by atoms with Crippen LogP contribution in [0.3, 0.4) is 0 Å². The summed E-state index contributed by atoms with van der Waals surface area (Å²) >= 11 is 6.90. The molecule has 6 nitrogen and oxygen atoms in total. The van der Waals surface area contributed by atoms with Crippen molar-refractivity contribution in [2.45, 2.75) is 42.5 Å².